The predicted octanol–water partition coefficient (Wildman–Crippen LogP) is 2.08. The molecule has 0 amide bonds. The highest BCUT2D eigenvalue weighted by atomic mass is 35.5. The van der Waals surface area contributed by atoms with Crippen molar-refractivity contribution in [3.63, 3.8) is 0 Å². The fourth-order valence-corrected chi connectivity index (χ4v) is 5.47. The van der Waals surface area contributed by atoms with Crippen molar-refractivity contribution in [3.8, 4) is 0 Å². The third-order valence-corrected chi connectivity index (χ3v) is 7.68. The van der Waals surface area contributed by atoms with Gasteiger partial charge in [-0.25, -0.2) is 13.4 Å². The van der Waals surface area contributed by atoms with Crippen molar-refractivity contribution in [2.75, 3.05) is 13.1 Å². The maximum Gasteiger partial charge on any atom is 0.318 e. The molecule has 1 aliphatic rings. The van der Waals surface area contributed by atoms with Crippen LogP contribution in [0.25, 0.3) is 11.2 Å². The van der Waals surface area contributed by atoms with Gasteiger partial charge in [0.05, 0.1) is 15.4 Å². The number of aromatic nitrogens is 3. The van der Waals surface area contributed by atoms with Crippen LogP contribution in [0.3, 0.4) is 0 Å². The van der Waals surface area contributed by atoms with Gasteiger partial charge in [0.15, 0.2) is 5.65 Å². The van der Waals surface area contributed by atoms with E-state index in [1.54, 1.807) is 30.3 Å². The zero-order valence-electron chi connectivity index (χ0n) is 16.6. The van der Waals surface area contributed by atoms with Crippen LogP contribution in [0.1, 0.15) is 24.4 Å². The van der Waals surface area contributed by atoms with Crippen LogP contribution in [0.2, 0.25) is 5.02 Å². The lowest BCUT2D eigenvalue weighted by molar-refractivity contribution is 0.273. The lowest BCUT2D eigenvalue weighted by atomic mass is 10.1. The maximum absolute atomic E-state index is 12.9. The molecular weight excluding hydrogens is 428 g/mol. The van der Waals surface area contributed by atoms with Gasteiger partial charge in [0.25, 0.3) is 0 Å². The summed E-state index contributed by atoms with van der Waals surface area (Å²) in [5.41, 5.74) is 0.478. The van der Waals surface area contributed by atoms with Gasteiger partial charge >= 0.3 is 11.1 Å². The largest absolute Gasteiger partial charge is 0.318 e. The standard InChI is InChI=1S/C20H21ClN4O4S/c1-13-3-5-16(6-4-13)30(28,29)24-9-7-15(8-10-24)25-18-17(11-14(21)12-22-18)23(2)19(26)20(25)27/h3-6,11-12,15H,7-10H2,1-2H3. The topological polar surface area (TPSA) is 94.3 Å². The Labute approximate surface area is 178 Å². The van der Waals surface area contributed by atoms with Gasteiger partial charge in [-0.05, 0) is 38.0 Å². The first-order chi connectivity index (χ1) is 14.2. The molecule has 0 radical (unpaired) electrons. The van der Waals surface area contributed by atoms with Gasteiger partial charge in [-0.2, -0.15) is 4.31 Å². The second-order valence-electron chi connectivity index (χ2n) is 7.48. The third kappa shape index (κ3) is 3.46. The van der Waals surface area contributed by atoms with Crippen LogP contribution in [0.5, 0.6) is 0 Å². The summed E-state index contributed by atoms with van der Waals surface area (Å²) in [6.45, 7) is 2.39. The van der Waals surface area contributed by atoms with E-state index in [0.717, 1.165) is 5.56 Å². The van der Waals surface area contributed by atoms with Crippen LogP contribution in [0, 0.1) is 6.92 Å². The van der Waals surface area contributed by atoms with E-state index in [4.69, 9.17) is 11.6 Å². The Bertz CT molecular complexity index is 1340. The van der Waals surface area contributed by atoms with Gasteiger partial charge in [0, 0.05) is 32.4 Å². The van der Waals surface area contributed by atoms with Crippen molar-refractivity contribution < 1.29 is 8.42 Å². The van der Waals surface area contributed by atoms with Crippen molar-refractivity contribution >= 4 is 32.8 Å². The van der Waals surface area contributed by atoms with Gasteiger partial charge in [-0.3, -0.25) is 14.2 Å². The van der Waals surface area contributed by atoms with Gasteiger partial charge in [0.2, 0.25) is 10.0 Å². The second-order valence-corrected chi connectivity index (χ2v) is 9.86. The van der Waals surface area contributed by atoms with Gasteiger partial charge in [-0.15, -0.1) is 0 Å². The third-order valence-electron chi connectivity index (χ3n) is 5.56. The van der Waals surface area contributed by atoms with E-state index in [1.165, 1.54) is 26.7 Å². The molecule has 10 heteroatoms. The molecule has 8 nitrogen and oxygen atoms in total. The van der Waals surface area contributed by atoms with Crippen LogP contribution in [0.15, 0.2) is 51.0 Å². The van der Waals surface area contributed by atoms with Crippen LogP contribution in [0.4, 0.5) is 0 Å². The molecule has 1 aromatic carbocycles. The van der Waals surface area contributed by atoms with Crippen LogP contribution >= 0.6 is 11.6 Å². The zero-order chi connectivity index (χ0) is 21.6. The Morgan fingerprint density at radius 3 is 2.33 bits per heavy atom. The zero-order valence-corrected chi connectivity index (χ0v) is 18.2. The van der Waals surface area contributed by atoms with Gasteiger partial charge in [-0.1, -0.05) is 29.3 Å². The lowest BCUT2D eigenvalue weighted by Gasteiger charge is -2.32. The molecule has 1 aliphatic heterocycles. The Morgan fingerprint density at radius 2 is 1.70 bits per heavy atom. The molecule has 158 valence electrons. The van der Waals surface area contributed by atoms with Crippen molar-refractivity contribution in [2.45, 2.75) is 30.7 Å². The molecule has 4 rings (SSSR count). The molecule has 2 aromatic heterocycles. The highest BCUT2D eigenvalue weighted by Crippen LogP contribution is 2.28. The SMILES string of the molecule is Cc1ccc(S(=O)(=O)N2CCC(n3c(=O)c(=O)n(C)c4cc(Cl)cnc43)CC2)cc1. The molecule has 0 unspecified atom stereocenters. The van der Waals surface area contributed by atoms with E-state index >= 15 is 0 Å². The fraction of sp³-hybridized carbons (Fsp3) is 0.350. The highest BCUT2D eigenvalue weighted by molar-refractivity contribution is 7.89. The Balaban J connectivity index is 1.67. The number of nitrogens with zero attached hydrogens (tertiary/aromatic N) is 4. The Morgan fingerprint density at radius 1 is 1.07 bits per heavy atom. The van der Waals surface area contributed by atoms with Crippen molar-refractivity contribution in [3.05, 3.63) is 67.8 Å². The van der Waals surface area contributed by atoms with Crippen molar-refractivity contribution in [1.29, 1.82) is 0 Å². The molecule has 0 atom stereocenters. The molecule has 0 N–H and O–H groups in total. The number of halogens is 1. The summed E-state index contributed by atoms with van der Waals surface area (Å²) in [5.74, 6) is 0. The monoisotopic (exact) mass is 448 g/mol. The molecule has 0 aliphatic carbocycles. The number of benzene rings is 1. The first kappa shape index (κ1) is 20.8. The van der Waals surface area contributed by atoms with Crippen molar-refractivity contribution in [2.24, 2.45) is 7.05 Å². The summed E-state index contributed by atoms with van der Waals surface area (Å²) in [5, 5.41) is 0.363. The second kappa shape index (κ2) is 7.64. The number of rotatable bonds is 3. The Kier molecular flexibility index (Phi) is 5.29. The first-order valence-electron chi connectivity index (χ1n) is 9.54. The van der Waals surface area contributed by atoms with Gasteiger partial charge < -0.3 is 4.57 Å². The molecule has 1 saturated heterocycles. The van der Waals surface area contributed by atoms with Gasteiger partial charge in [0.1, 0.15) is 0 Å². The average Bonchev–Trinajstić information content (AvgIpc) is 2.73. The smallest absolute Gasteiger partial charge is 0.304 e. The number of sulfonamides is 1. The molecule has 3 heterocycles. The summed E-state index contributed by atoms with van der Waals surface area (Å²) in [4.78, 5) is 29.7. The minimum absolute atomic E-state index is 0.248. The minimum atomic E-state index is -3.61. The van der Waals surface area contributed by atoms with E-state index in [9.17, 15) is 18.0 Å². The number of pyridine rings is 1. The van der Waals surface area contributed by atoms with Crippen LogP contribution in [-0.4, -0.2) is 39.9 Å². The predicted molar refractivity (Wildman–Crippen MR) is 114 cm³/mol. The maximum atomic E-state index is 12.9. The molecule has 0 saturated carbocycles. The summed E-state index contributed by atoms with van der Waals surface area (Å²) in [6.07, 6.45) is 2.23. The van der Waals surface area contributed by atoms with E-state index in [1.807, 2.05) is 6.92 Å². The number of piperidine rings is 1. The molecule has 0 spiro atoms. The van der Waals surface area contributed by atoms with Crippen LogP contribution < -0.4 is 11.1 Å². The quantitative estimate of drug-likeness (QED) is 0.572. The first-order valence-corrected chi connectivity index (χ1v) is 11.4. The van der Waals surface area contributed by atoms with Crippen molar-refractivity contribution in [1.82, 2.24) is 18.4 Å². The Hall–Kier alpha value is -2.49. The summed E-state index contributed by atoms with van der Waals surface area (Å²) < 4.78 is 29.9. The van der Waals surface area contributed by atoms with E-state index < -0.39 is 21.1 Å². The summed E-state index contributed by atoms with van der Waals surface area (Å²) in [7, 11) is -2.11. The van der Waals surface area contributed by atoms with E-state index in [2.05, 4.69) is 4.98 Å². The van der Waals surface area contributed by atoms with E-state index in [0.29, 0.717) is 29.0 Å². The van der Waals surface area contributed by atoms with E-state index in [-0.39, 0.29) is 24.0 Å². The molecule has 30 heavy (non-hydrogen) atoms. The molecular formula is C20H21ClN4O4S. The molecule has 0 bridgehead atoms. The molecule has 3 aromatic rings. The number of hydrogen-bond acceptors (Lipinski definition) is 5. The number of hydrogen-bond donors (Lipinski definition) is 0. The normalized spacial score (nSPS) is 16.2. The fourth-order valence-electron chi connectivity index (χ4n) is 3.84. The number of aryl methyl sites for hydroxylation is 2. The number of fused-ring (bicyclic) bond motifs is 1. The highest BCUT2D eigenvalue weighted by Gasteiger charge is 2.31. The average molecular weight is 449 g/mol. The minimum Gasteiger partial charge on any atom is -0.304 e. The molecule has 1 fully saturated rings. The van der Waals surface area contributed by atoms with Crippen LogP contribution in [-0.2, 0) is 17.1 Å². The lowest BCUT2D eigenvalue weighted by Crippen LogP contribution is -2.46. The summed E-state index contributed by atoms with van der Waals surface area (Å²) in [6, 6.07) is 8.00. The summed E-state index contributed by atoms with van der Waals surface area (Å²) >= 11 is 6.02.